The van der Waals surface area contributed by atoms with Crippen LogP contribution in [0, 0.1) is 0 Å². The van der Waals surface area contributed by atoms with Crippen molar-refractivity contribution in [2.24, 2.45) is 0 Å². The Balaban J connectivity index is 2.07. The molecule has 0 bridgehead atoms. The zero-order valence-electron chi connectivity index (χ0n) is 10.4. The third-order valence-electron chi connectivity index (χ3n) is 2.96. The fraction of sp³-hybridized carbons (Fsp3) is 0.615. The van der Waals surface area contributed by atoms with Crippen LogP contribution in [0.15, 0.2) is 18.3 Å². The lowest BCUT2D eigenvalue weighted by molar-refractivity contribution is 0.301. The number of aliphatic hydroxyl groups excluding tert-OH is 1. The summed E-state index contributed by atoms with van der Waals surface area (Å²) in [5.74, 6) is 0.924. The standard InChI is InChI=1S/C13H21N3O/c1-2-6-14-13-10-12(5-7-15-13)16(8-9-17)11-3-4-11/h5,7,10-11,17H,2-4,6,8-9H2,1H3,(H,14,15). The highest BCUT2D eigenvalue weighted by molar-refractivity contribution is 5.55. The van der Waals surface area contributed by atoms with Crippen LogP contribution in [0.3, 0.4) is 0 Å². The van der Waals surface area contributed by atoms with Crippen LogP contribution in [0.1, 0.15) is 26.2 Å². The van der Waals surface area contributed by atoms with Crippen LogP contribution in [-0.2, 0) is 0 Å². The average Bonchev–Trinajstić information content (AvgIpc) is 3.18. The predicted molar refractivity (Wildman–Crippen MR) is 70.5 cm³/mol. The van der Waals surface area contributed by atoms with Crippen LogP contribution in [-0.4, -0.2) is 35.8 Å². The van der Waals surface area contributed by atoms with Gasteiger partial charge in [0.2, 0.25) is 0 Å². The van der Waals surface area contributed by atoms with Crippen molar-refractivity contribution in [3.63, 3.8) is 0 Å². The van der Waals surface area contributed by atoms with Gasteiger partial charge in [-0.05, 0) is 25.3 Å². The molecular formula is C13H21N3O. The lowest BCUT2D eigenvalue weighted by Gasteiger charge is -2.24. The molecule has 0 atom stereocenters. The summed E-state index contributed by atoms with van der Waals surface area (Å²) < 4.78 is 0. The molecule has 1 aromatic rings. The van der Waals surface area contributed by atoms with Gasteiger partial charge in [0.15, 0.2) is 0 Å². The van der Waals surface area contributed by atoms with E-state index in [2.05, 4.69) is 28.2 Å². The van der Waals surface area contributed by atoms with Crippen LogP contribution in [0.5, 0.6) is 0 Å². The Bertz CT molecular complexity index is 352. The molecular weight excluding hydrogens is 214 g/mol. The van der Waals surface area contributed by atoms with Gasteiger partial charge in [0.1, 0.15) is 5.82 Å². The summed E-state index contributed by atoms with van der Waals surface area (Å²) in [5.41, 5.74) is 1.16. The third-order valence-corrected chi connectivity index (χ3v) is 2.96. The van der Waals surface area contributed by atoms with Crippen LogP contribution in [0.2, 0.25) is 0 Å². The molecule has 4 nitrogen and oxygen atoms in total. The summed E-state index contributed by atoms with van der Waals surface area (Å²) in [4.78, 5) is 6.58. The Morgan fingerprint density at radius 2 is 2.35 bits per heavy atom. The van der Waals surface area contributed by atoms with Gasteiger partial charge in [-0.15, -0.1) is 0 Å². The van der Waals surface area contributed by atoms with E-state index in [0.29, 0.717) is 12.6 Å². The highest BCUT2D eigenvalue weighted by atomic mass is 16.3. The highest BCUT2D eigenvalue weighted by Crippen LogP contribution is 2.31. The average molecular weight is 235 g/mol. The molecule has 0 aromatic carbocycles. The van der Waals surface area contributed by atoms with E-state index in [1.165, 1.54) is 12.8 Å². The first-order valence-corrected chi connectivity index (χ1v) is 6.42. The third kappa shape index (κ3) is 3.33. The van der Waals surface area contributed by atoms with E-state index < -0.39 is 0 Å². The summed E-state index contributed by atoms with van der Waals surface area (Å²) in [6.07, 6.45) is 5.40. The number of rotatable bonds is 7. The minimum Gasteiger partial charge on any atom is -0.395 e. The summed E-state index contributed by atoms with van der Waals surface area (Å²) in [7, 11) is 0. The topological polar surface area (TPSA) is 48.4 Å². The minimum atomic E-state index is 0.205. The van der Waals surface area contributed by atoms with Crippen LogP contribution in [0.4, 0.5) is 11.5 Å². The summed E-state index contributed by atoms with van der Waals surface area (Å²) in [5, 5.41) is 12.4. The second-order valence-corrected chi connectivity index (χ2v) is 4.47. The fourth-order valence-corrected chi connectivity index (χ4v) is 1.96. The molecule has 1 aliphatic carbocycles. The van der Waals surface area contributed by atoms with Crippen LogP contribution >= 0.6 is 0 Å². The lowest BCUT2D eigenvalue weighted by atomic mass is 10.3. The van der Waals surface area contributed by atoms with Crippen molar-refractivity contribution in [2.75, 3.05) is 29.9 Å². The molecule has 2 N–H and O–H groups in total. The molecule has 0 unspecified atom stereocenters. The van der Waals surface area contributed by atoms with E-state index in [4.69, 9.17) is 5.11 Å². The maximum atomic E-state index is 9.11. The van der Waals surface area contributed by atoms with Gasteiger partial charge in [-0.3, -0.25) is 0 Å². The second-order valence-electron chi connectivity index (χ2n) is 4.47. The quantitative estimate of drug-likeness (QED) is 0.757. The molecule has 1 saturated carbocycles. The van der Waals surface area contributed by atoms with E-state index in [0.717, 1.165) is 24.5 Å². The molecule has 0 amide bonds. The van der Waals surface area contributed by atoms with Gasteiger partial charge in [0.05, 0.1) is 6.61 Å². The van der Waals surface area contributed by atoms with Gasteiger partial charge in [0.25, 0.3) is 0 Å². The van der Waals surface area contributed by atoms with Crippen molar-refractivity contribution in [3.05, 3.63) is 18.3 Å². The molecule has 94 valence electrons. The number of aliphatic hydroxyl groups is 1. The molecule has 17 heavy (non-hydrogen) atoms. The lowest BCUT2D eigenvalue weighted by Crippen LogP contribution is -2.28. The van der Waals surface area contributed by atoms with Crippen LogP contribution < -0.4 is 10.2 Å². The normalized spacial score (nSPS) is 14.7. The zero-order chi connectivity index (χ0) is 12.1. The number of hydrogen-bond acceptors (Lipinski definition) is 4. The largest absolute Gasteiger partial charge is 0.395 e. The predicted octanol–water partition coefficient (Wildman–Crippen LogP) is 1.86. The van der Waals surface area contributed by atoms with Crippen molar-refractivity contribution in [3.8, 4) is 0 Å². The molecule has 1 aliphatic rings. The first-order chi connectivity index (χ1) is 8.35. The van der Waals surface area contributed by atoms with E-state index in [1.54, 1.807) is 0 Å². The van der Waals surface area contributed by atoms with E-state index in [1.807, 2.05) is 12.3 Å². The maximum Gasteiger partial charge on any atom is 0.127 e. The molecule has 1 heterocycles. The van der Waals surface area contributed by atoms with Crippen molar-refractivity contribution in [1.82, 2.24) is 4.98 Å². The van der Waals surface area contributed by atoms with Gasteiger partial charge in [-0.2, -0.15) is 0 Å². The molecule has 2 rings (SSSR count). The van der Waals surface area contributed by atoms with Crippen molar-refractivity contribution < 1.29 is 5.11 Å². The van der Waals surface area contributed by atoms with Gasteiger partial charge in [0, 0.05) is 37.1 Å². The molecule has 1 fully saturated rings. The number of nitrogens with zero attached hydrogens (tertiary/aromatic N) is 2. The molecule has 0 radical (unpaired) electrons. The second kappa shape index (κ2) is 5.87. The van der Waals surface area contributed by atoms with Gasteiger partial charge in [-0.25, -0.2) is 4.98 Å². The van der Waals surface area contributed by atoms with Crippen molar-refractivity contribution in [2.45, 2.75) is 32.2 Å². The molecule has 0 saturated heterocycles. The molecule has 1 aromatic heterocycles. The monoisotopic (exact) mass is 235 g/mol. The summed E-state index contributed by atoms with van der Waals surface area (Å²) in [6.45, 7) is 4.00. The molecule has 0 aliphatic heterocycles. The summed E-state index contributed by atoms with van der Waals surface area (Å²) >= 11 is 0. The first-order valence-electron chi connectivity index (χ1n) is 6.42. The van der Waals surface area contributed by atoms with Crippen molar-refractivity contribution in [1.29, 1.82) is 0 Å². The van der Waals surface area contributed by atoms with Gasteiger partial charge >= 0.3 is 0 Å². The Labute approximate surface area is 103 Å². The highest BCUT2D eigenvalue weighted by Gasteiger charge is 2.28. The minimum absolute atomic E-state index is 0.205. The van der Waals surface area contributed by atoms with E-state index in [-0.39, 0.29) is 6.61 Å². The SMILES string of the molecule is CCCNc1cc(N(CCO)C2CC2)ccn1. The Morgan fingerprint density at radius 3 is 3.00 bits per heavy atom. The van der Waals surface area contributed by atoms with E-state index >= 15 is 0 Å². The fourth-order valence-electron chi connectivity index (χ4n) is 1.96. The number of nitrogens with one attached hydrogen (secondary N) is 1. The Hall–Kier alpha value is -1.29. The number of pyridine rings is 1. The smallest absolute Gasteiger partial charge is 0.127 e. The number of anilines is 2. The number of aromatic nitrogens is 1. The zero-order valence-corrected chi connectivity index (χ0v) is 10.4. The van der Waals surface area contributed by atoms with Crippen LogP contribution in [0.25, 0.3) is 0 Å². The van der Waals surface area contributed by atoms with Gasteiger partial charge < -0.3 is 15.3 Å². The Morgan fingerprint density at radius 1 is 1.53 bits per heavy atom. The first kappa shape index (κ1) is 12.2. The summed E-state index contributed by atoms with van der Waals surface area (Å²) in [6, 6.07) is 4.71. The van der Waals surface area contributed by atoms with E-state index in [9.17, 15) is 0 Å². The molecule has 4 heteroatoms. The number of hydrogen-bond donors (Lipinski definition) is 2. The Kier molecular flexibility index (Phi) is 4.20. The van der Waals surface area contributed by atoms with Crippen molar-refractivity contribution >= 4 is 11.5 Å². The molecule has 0 spiro atoms. The van der Waals surface area contributed by atoms with Gasteiger partial charge in [-0.1, -0.05) is 6.92 Å². The maximum absolute atomic E-state index is 9.11.